The molecule has 1 unspecified atom stereocenters. The molecule has 1 aliphatic rings. The molecule has 1 aromatic rings. The van der Waals surface area contributed by atoms with E-state index in [0.29, 0.717) is 13.2 Å². The zero-order valence-corrected chi connectivity index (χ0v) is 15.7. The molecule has 23 heavy (non-hydrogen) atoms. The largest absolute Gasteiger partial charge is 0.486 e. The fraction of sp³-hybridized carbons (Fsp3) is 0.714. The third kappa shape index (κ3) is 8.29. The molecule has 1 aromatic carbocycles. The second kappa shape index (κ2) is 12.3. The van der Waals surface area contributed by atoms with Gasteiger partial charge in [-0.15, -0.1) is 0 Å². The minimum Gasteiger partial charge on any atom is -0.486 e. The average molecular weight is 321 g/mol. The topological polar surface area (TPSA) is 18.5 Å². The number of benzene rings is 1. The molecule has 2 heteroatoms. The third-order valence-corrected chi connectivity index (χ3v) is 4.42. The number of unbranched alkanes of at least 4 members (excludes halogenated alkanes) is 3. The van der Waals surface area contributed by atoms with E-state index in [4.69, 9.17) is 9.47 Å². The van der Waals surface area contributed by atoms with Crippen LogP contribution in [-0.4, -0.2) is 13.2 Å². The number of rotatable bonds is 8. The van der Waals surface area contributed by atoms with E-state index < -0.39 is 0 Å². The molecule has 0 saturated carbocycles. The first kappa shape index (κ1) is 19.9. The van der Waals surface area contributed by atoms with Gasteiger partial charge >= 0.3 is 0 Å². The van der Waals surface area contributed by atoms with Crippen LogP contribution in [0.2, 0.25) is 0 Å². The van der Waals surface area contributed by atoms with Crippen LogP contribution in [0.1, 0.15) is 78.2 Å². The Bertz CT molecular complexity index is 410. The van der Waals surface area contributed by atoms with Crippen molar-refractivity contribution in [2.24, 2.45) is 5.92 Å². The van der Waals surface area contributed by atoms with Crippen molar-refractivity contribution >= 4 is 0 Å². The molecule has 0 bridgehead atoms. The predicted molar refractivity (Wildman–Crippen MR) is 99.6 cm³/mol. The Labute approximate surface area is 143 Å². The summed E-state index contributed by atoms with van der Waals surface area (Å²) in [4.78, 5) is 0. The molecule has 0 N–H and O–H groups in total. The SMILES string of the molecule is CCC(C)CCCc1ccc2c(c1)OCCO2.CCCCCC. The summed E-state index contributed by atoms with van der Waals surface area (Å²) in [7, 11) is 0. The molecule has 0 fully saturated rings. The van der Waals surface area contributed by atoms with Crippen LogP contribution in [0.4, 0.5) is 0 Å². The lowest BCUT2D eigenvalue weighted by Crippen LogP contribution is -2.15. The lowest BCUT2D eigenvalue weighted by Gasteiger charge is -2.19. The van der Waals surface area contributed by atoms with Gasteiger partial charge in [-0.25, -0.2) is 0 Å². The van der Waals surface area contributed by atoms with Crippen LogP contribution in [0.25, 0.3) is 0 Å². The molecular weight excluding hydrogens is 284 g/mol. The number of ether oxygens (including phenoxy) is 2. The fourth-order valence-electron chi connectivity index (χ4n) is 2.60. The zero-order valence-electron chi connectivity index (χ0n) is 15.7. The van der Waals surface area contributed by atoms with Crippen LogP contribution in [0.15, 0.2) is 18.2 Å². The summed E-state index contributed by atoms with van der Waals surface area (Å²) >= 11 is 0. The molecular formula is C21H36O2. The van der Waals surface area contributed by atoms with Crippen LogP contribution < -0.4 is 9.47 Å². The molecule has 1 aliphatic heterocycles. The highest BCUT2D eigenvalue weighted by Crippen LogP contribution is 2.31. The summed E-state index contributed by atoms with van der Waals surface area (Å²) in [6, 6.07) is 6.32. The van der Waals surface area contributed by atoms with Crippen molar-refractivity contribution in [2.75, 3.05) is 13.2 Å². The van der Waals surface area contributed by atoms with Crippen molar-refractivity contribution in [3.63, 3.8) is 0 Å². The van der Waals surface area contributed by atoms with Gasteiger partial charge in [0.2, 0.25) is 0 Å². The summed E-state index contributed by atoms with van der Waals surface area (Å²) in [5.74, 6) is 2.64. The van der Waals surface area contributed by atoms with E-state index in [9.17, 15) is 0 Å². The van der Waals surface area contributed by atoms with Gasteiger partial charge in [-0.3, -0.25) is 0 Å². The molecule has 132 valence electrons. The summed E-state index contributed by atoms with van der Waals surface area (Å²) in [6.07, 6.45) is 10.5. The van der Waals surface area contributed by atoms with Crippen LogP contribution in [-0.2, 0) is 6.42 Å². The monoisotopic (exact) mass is 320 g/mol. The normalized spacial score (nSPS) is 13.9. The Morgan fingerprint density at radius 2 is 1.57 bits per heavy atom. The quantitative estimate of drug-likeness (QED) is 0.515. The summed E-state index contributed by atoms with van der Waals surface area (Å²) in [6.45, 7) is 10.4. The smallest absolute Gasteiger partial charge is 0.161 e. The van der Waals surface area contributed by atoms with Gasteiger partial charge in [-0.1, -0.05) is 72.3 Å². The lowest BCUT2D eigenvalue weighted by molar-refractivity contribution is 0.171. The van der Waals surface area contributed by atoms with E-state index in [-0.39, 0.29) is 0 Å². The van der Waals surface area contributed by atoms with Gasteiger partial charge in [0.25, 0.3) is 0 Å². The van der Waals surface area contributed by atoms with E-state index in [1.807, 2.05) is 6.07 Å². The van der Waals surface area contributed by atoms with Crippen molar-refractivity contribution in [1.82, 2.24) is 0 Å². The van der Waals surface area contributed by atoms with Gasteiger partial charge in [-0.2, -0.15) is 0 Å². The van der Waals surface area contributed by atoms with Crippen LogP contribution >= 0.6 is 0 Å². The summed E-state index contributed by atoms with van der Waals surface area (Å²) in [5.41, 5.74) is 1.36. The van der Waals surface area contributed by atoms with Crippen LogP contribution in [0.3, 0.4) is 0 Å². The molecule has 0 spiro atoms. The van der Waals surface area contributed by atoms with Gasteiger partial charge in [-0.05, 0) is 36.5 Å². The molecule has 0 saturated heterocycles. The molecule has 0 radical (unpaired) electrons. The maximum Gasteiger partial charge on any atom is 0.161 e. The Morgan fingerprint density at radius 3 is 2.17 bits per heavy atom. The Balaban J connectivity index is 0.000000379. The lowest BCUT2D eigenvalue weighted by atomic mass is 9.99. The van der Waals surface area contributed by atoms with Gasteiger partial charge in [0.15, 0.2) is 11.5 Å². The van der Waals surface area contributed by atoms with Gasteiger partial charge in [0.1, 0.15) is 13.2 Å². The Hall–Kier alpha value is -1.18. The minimum absolute atomic E-state index is 0.667. The Morgan fingerprint density at radius 1 is 0.913 bits per heavy atom. The Kier molecular flexibility index (Phi) is 10.6. The van der Waals surface area contributed by atoms with Crippen molar-refractivity contribution < 1.29 is 9.47 Å². The molecule has 2 nitrogen and oxygen atoms in total. The van der Waals surface area contributed by atoms with Crippen LogP contribution in [0, 0.1) is 5.92 Å². The summed E-state index contributed by atoms with van der Waals surface area (Å²) < 4.78 is 11.1. The number of hydrogen-bond donors (Lipinski definition) is 0. The number of fused-ring (bicyclic) bond motifs is 1. The predicted octanol–water partition coefficient (Wildman–Crippen LogP) is 6.41. The van der Waals surface area contributed by atoms with Crippen molar-refractivity contribution in [3.05, 3.63) is 23.8 Å². The van der Waals surface area contributed by atoms with Gasteiger partial charge in [0.05, 0.1) is 0 Å². The van der Waals surface area contributed by atoms with Gasteiger partial charge in [0, 0.05) is 0 Å². The first-order valence-corrected chi connectivity index (χ1v) is 9.59. The maximum atomic E-state index is 5.59. The zero-order chi connectivity index (χ0) is 16.9. The third-order valence-electron chi connectivity index (χ3n) is 4.42. The fourth-order valence-corrected chi connectivity index (χ4v) is 2.60. The van der Waals surface area contributed by atoms with E-state index in [1.54, 1.807) is 0 Å². The highest BCUT2D eigenvalue weighted by Gasteiger charge is 2.11. The van der Waals surface area contributed by atoms with E-state index >= 15 is 0 Å². The second-order valence-corrected chi connectivity index (χ2v) is 6.59. The maximum absolute atomic E-state index is 5.59. The standard InChI is InChI=1S/C15H22O2.C6H14/c1-3-12(2)5-4-6-13-7-8-14-15(11-13)17-10-9-16-14;1-3-5-6-4-2/h7-8,11-12H,3-6,9-10H2,1-2H3;3-6H2,1-2H3. The molecule has 1 heterocycles. The van der Waals surface area contributed by atoms with Crippen molar-refractivity contribution in [3.8, 4) is 11.5 Å². The molecule has 1 atom stereocenters. The minimum atomic E-state index is 0.667. The molecule has 2 rings (SSSR count). The van der Waals surface area contributed by atoms with E-state index in [1.165, 1.54) is 50.5 Å². The molecule has 0 amide bonds. The number of hydrogen-bond acceptors (Lipinski definition) is 2. The van der Waals surface area contributed by atoms with Crippen molar-refractivity contribution in [1.29, 1.82) is 0 Å². The van der Waals surface area contributed by atoms with Gasteiger partial charge < -0.3 is 9.47 Å². The van der Waals surface area contributed by atoms with E-state index in [2.05, 4.69) is 39.8 Å². The number of aryl methyl sites for hydroxylation is 1. The van der Waals surface area contributed by atoms with E-state index in [0.717, 1.165) is 23.8 Å². The molecule has 0 aromatic heterocycles. The second-order valence-electron chi connectivity index (χ2n) is 6.59. The highest BCUT2D eigenvalue weighted by molar-refractivity contribution is 5.43. The molecule has 0 aliphatic carbocycles. The first-order valence-electron chi connectivity index (χ1n) is 9.59. The highest BCUT2D eigenvalue weighted by atomic mass is 16.6. The van der Waals surface area contributed by atoms with Crippen molar-refractivity contribution in [2.45, 2.75) is 79.1 Å². The first-order chi connectivity index (χ1) is 11.2. The summed E-state index contributed by atoms with van der Waals surface area (Å²) in [5, 5.41) is 0. The van der Waals surface area contributed by atoms with Crippen LogP contribution in [0.5, 0.6) is 11.5 Å². The average Bonchev–Trinajstić information content (AvgIpc) is 2.60.